The Balaban J connectivity index is 1.70. The molecule has 0 aliphatic heterocycles. The molecule has 2 aromatic heterocycles. The topological polar surface area (TPSA) is 64.4 Å². The van der Waals surface area contributed by atoms with Crippen molar-refractivity contribution in [1.29, 1.82) is 0 Å². The summed E-state index contributed by atoms with van der Waals surface area (Å²) >= 11 is 1.28. The van der Waals surface area contributed by atoms with Crippen LogP contribution in [0.3, 0.4) is 0 Å². The number of benzene rings is 2. The second-order valence-corrected chi connectivity index (χ2v) is 7.42. The molecule has 0 bridgehead atoms. The van der Waals surface area contributed by atoms with Gasteiger partial charge in [0.05, 0.1) is 5.69 Å². The zero-order valence-corrected chi connectivity index (χ0v) is 17.6. The Morgan fingerprint density at radius 3 is 2.77 bits per heavy atom. The summed E-state index contributed by atoms with van der Waals surface area (Å²) < 4.78 is 42.4. The number of pyridine rings is 1. The minimum atomic E-state index is -0.601. The lowest BCUT2D eigenvalue weighted by atomic mass is 9.99. The number of aromatic nitrogens is 1. The fraction of sp³-hybridized carbons (Fsp3) is 0.130. The standard InChI is InChI=1S/C23H18F2N2O3S/c1-13-16-9-8-15(29-22-18(24)6-4-10-26-22)12-20(16)30-23(28)17(13)11-14-5-3-7-19(21(14)25)27-31-2/h3-10,12,27H,11H2,1-2H3. The number of anilines is 1. The summed E-state index contributed by atoms with van der Waals surface area (Å²) in [4.78, 5) is 16.5. The third-order valence-corrected chi connectivity index (χ3v) is 5.28. The number of ether oxygens (including phenoxy) is 1. The van der Waals surface area contributed by atoms with E-state index in [1.165, 1.54) is 36.3 Å². The Kier molecular flexibility index (Phi) is 5.90. The van der Waals surface area contributed by atoms with Crippen LogP contribution in [0.5, 0.6) is 11.6 Å². The minimum Gasteiger partial charge on any atom is -0.436 e. The number of halogens is 2. The summed E-state index contributed by atoms with van der Waals surface area (Å²) in [6, 6.07) is 12.6. The highest BCUT2D eigenvalue weighted by atomic mass is 32.2. The molecule has 4 aromatic rings. The van der Waals surface area contributed by atoms with Gasteiger partial charge in [0, 0.05) is 35.9 Å². The van der Waals surface area contributed by atoms with Crippen molar-refractivity contribution in [2.24, 2.45) is 0 Å². The molecule has 0 atom stereocenters. The zero-order valence-electron chi connectivity index (χ0n) is 16.7. The first-order chi connectivity index (χ1) is 15.0. The summed E-state index contributed by atoms with van der Waals surface area (Å²) in [5.41, 5.74) is 1.53. The van der Waals surface area contributed by atoms with Crippen LogP contribution in [-0.2, 0) is 6.42 Å². The molecule has 0 saturated heterocycles. The van der Waals surface area contributed by atoms with Gasteiger partial charge in [0.1, 0.15) is 11.3 Å². The summed E-state index contributed by atoms with van der Waals surface area (Å²) in [7, 11) is 0. The molecule has 2 aromatic carbocycles. The molecule has 4 rings (SSSR count). The normalized spacial score (nSPS) is 11.0. The van der Waals surface area contributed by atoms with Gasteiger partial charge in [-0.1, -0.05) is 24.1 Å². The predicted octanol–water partition coefficient (Wildman–Crippen LogP) is 5.85. The third-order valence-electron chi connectivity index (χ3n) is 4.86. The highest BCUT2D eigenvalue weighted by Crippen LogP contribution is 2.29. The van der Waals surface area contributed by atoms with Crippen LogP contribution >= 0.6 is 11.9 Å². The van der Waals surface area contributed by atoms with Gasteiger partial charge in [-0.3, -0.25) is 0 Å². The van der Waals surface area contributed by atoms with E-state index in [4.69, 9.17) is 9.15 Å². The van der Waals surface area contributed by atoms with E-state index in [0.717, 1.165) is 0 Å². The van der Waals surface area contributed by atoms with Crippen LogP contribution in [0, 0.1) is 18.6 Å². The zero-order chi connectivity index (χ0) is 22.0. The smallest absolute Gasteiger partial charge is 0.340 e. The second-order valence-electron chi connectivity index (χ2n) is 6.81. The molecule has 158 valence electrons. The van der Waals surface area contributed by atoms with Crippen molar-refractivity contribution in [1.82, 2.24) is 4.98 Å². The molecule has 2 heterocycles. The fourth-order valence-corrected chi connectivity index (χ4v) is 3.67. The van der Waals surface area contributed by atoms with Gasteiger partial charge in [-0.15, -0.1) is 0 Å². The van der Waals surface area contributed by atoms with E-state index in [2.05, 4.69) is 9.71 Å². The molecule has 1 N–H and O–H groups in total. The number of fused-ring (bicyclic) bond motifs is 1. The third kappa shape index (κ3) is 4.25. The number of rotatable bonds is 6. The summed E-state index contributed by atoms with van der Waals surface area (Å²) in [5, 5.41) is 0.683. The lowest BCUT2D eigenvalue weighted by molar-refractivity contribution is 0.422. The lowest BCUT2D eigenvalue weighted by Gasteiger charge is -2.12. The van der Waals surface area contributed by atoms with Gasteiger partial charge in [-0.2, -0.15) is 0 Å². The van der Waals surface area contributed by atoms with Crippen LogP contribution in [-0.4, -0.2) is 11.2 Å². The van der Waals surface area contributed by atoms with Gasteiger partial charge < -0.3 is 13.9 Å². The molecule has 0 fully saturated rings. The predicted molar refractivity (Wildman–Crippen MR) is 118 cm³/mol. The largest absolute Gasteiger partial charge is 0.436 e. The highest BCUT2D eigenvalue weighted by molar-refractivity contribution is 7.99. The molecule has 8 heteroatoms. The van der Waals surface area contributed by atoms with Crippen molar-refractivity contribution < 1.29 is 17.9 Å². The number of hydrogen-bond acceptors (Lipinski definition) is 6. The van der Waals surface area contributed by atoms with E-state index >= 15 is 0 Å². The van der Waals surface area contributed by atoms with Gasteiger partial charge in [-0.25, -0.2) is 18.6 Å². The SMILES string of the molecule is CSNc1cccc(Cc2c(C)c3ccc(Oc4ncccc4F)cc3oc2=O)c1F. The van der Waals surface area contributed by atoms with Crippen LogP contribution in [0.25, 0.3) is 11.0 Å². The van der Waals surface area contributed by atoms with E-state index in [-0.39, 0.29) is 18.1 Å². The molecule has 0 saturated carbocycles. The first-order valence-electron chi connectivity index (χ1n) is 9.39. The van der Waals surface area contributed by atoms with E-state index in [0.29, 0.717) is 33.3 Å². The quantitative estimate of drug-likeness (QED) is 0.300. The van der Waals surface area contributed by atoms with Crippen molar-refractivity contribution in [2.75, 3.05) is 11.0 Å². The number of aryl methyl sites for hydroxylation is 1. The Labute approximate surface area is 181 Å². The van der Waals surface area contributed by atoms with E-state index in [1.807, 2.05) is 0 Å². The Morgan fingerprint density at radius 2 is 2.00 bits per heavy atom. The number of nitrogens with one attached hydrogen (secondary N) is 1. The summed E-state index contributed by atoms with van der Waals surface area (Å²) in [5.74, 6) is -0.901. The minimum absolute atomic E-state index is 0.0945. The van der Waals surface area contributed by atoms with Crippen molar-refractivity contribution in [3.05, 3.63) is 93.5 Å². The van der Waals surface area contributed by atoms with Crippen LogP contribution in [0.4, 0.5) is 14.5 Å². The highest BCUT2D eigenvalue weighted by Gasteiger charge is 2.16. The molecule has 0 aliphatic carbocycles. The number of nitrogens with zero attached hydrogens (tertiary/aromatic N) is 1. The van der Waals surface area contributed by atoms with Crippen LogP contribution in [0.2, 0.25) is 0 Å². The lowest BCUT2D eigenvalue weighted by Crippen LogP contribution is -2.12. The molecule has 31 heavy (non-hydrogen) atoms. The number of hydrogen-bond donors (Lipinski definition) is 1. The second kappa shape index (κ2) is 8.77. The molecule has 0 aliphatic rings. The van der Waals surface area contributed by atoms with E-state index in [9.17, 15) is 13.6 Å². The molecular weight excluding hydrogens is 422 g/mol. The average molecular weight is 440 g/mol. The van der Waals surface area contributed by atoms with Gasteiger partial charge >= 0.3 is 5.63 Å². The first-order valence-corrected chi connectivity index (χ1v) is 10.6. The molecule has 0 unspecified atom stereocenters. The summed E-state index contributed by atoms with van der Waals surface area (Å²) in [6.07, 6.45) is 3.31. The van der Waals surface area contributed by atoms with Gasteiger partial charge in [-0.05, 0) is 48.4 Å². The monoisotopic (exact) mass is 440 g/mol. The fourth-order valence-electron chi connectivity index (χ4n) is 3.30. The van der Waals surface area contributed by atoms with Crippen molar-refractivity contribution in [2.45, 2.75) is 13.3 Å². The maximum absolute atomic E-state index is 14.8. The van der Waals surface area contributed by atoms with Crippen molar-refractivity contribution >= 4 is 28.6 Å². The maximum Gasteiger partial charge on any atom is 0.340 e. The van der Waals surface area contributed by atoms with Crippen LogP contribution < -0.4 is 15.1 Å². The molecule has 5 nitrogen and oxygen atoms in total. The molecule has 0 amide bonds. The van der Waals surface area contributed by atoms with Crippen molar-refractivity contribution in [3.8, 4) is 11.6 Å². The first kappa shape index (κ1) is 20.9. The Hall–Kier alpha value is -3.39. The Bertz CT molecular complexity index is 1320. The van der Waals surface area contributed by atoms with Gasteiger partial charge in [0.15, 0.2) is 11.6 Å². The van der Waals surface area contributed by atoms with Crippen molar-refractivity contribution in [3.63, 3.8) is 0 Å². The Morgan fingerprint density at radius 1 is 1.16 bits per heavy atom. The van der Waals surface area contributed by atoms with Crippen LogP contribution in [0.15, 0.2) is 63.9 Å². The average Bonchev–Trinajstić information content (AvgIpc) is 2.75. The molecule has 0 spiro atoms. The van der Waals surface area contributed by atoms with Gasteiger partial charge in [0.25, 0.3) is 5.88 Å². The maximum atomic E-state index is 14.8. The van der Waals surface area contributed by atoms with E-state index < -0.39 is 17.3 Å². The summed E-state index contributed by atoms with van der Waals surface area (Å²) in [6.45, 7) is 1.79. The molecular formula is C23H18F2N2O3S. The van der Waals surface area contributed by atoms with Crippen LogP contribution in [0.1, 0.15) is 16.7 Å². The van der Waals surface area contributed by atoms with Gasteiger partial charge in [0.2, 0.25) is 0 Å². The van der Waals surface area contributed by atoms with E-state index in [1.54, 1.807) is 43.5 Å². The molecule has 0 radical (unpaired) electrons.